The van der Waals surface area contributed by atoms with Gasteiger partial charge in [0.1, 0.15) is 0 Å². The summed E-state index contributed by atoms with van der Waals surface area (Å²) in [6, 6.07) is 15.3. The van der Waals surface area contributed by atoms with E-state index in [0.29, 0.717) is 18.5 Å². The number of nitrogens with two attached hydrogens (primary N) is 1. The quantitative estimate of drug-likeness (QED) is 0.846. The molecule has 2 nitrogen and oxygen atoms in total. The fourth-order valence-corrected chi connectivity index (χ4v) is 2.28. The highest BCUT2D eigenvalue weighted by atomic mass is 14.9. The Kier molecular flexibility index (Phi) is 4.34. The van der Waals surface area contributed by atoms with Crippen molar-refractivity contribution >= 4 is 10.8 Å². The van der Waals surface area contributed by atoms with Gasteiger partial charge in [-0.1, -0.05) is 56.3 Å². The number of rotatable bonds is 5. The molecular weight excluding hydrogens is 220 g/mol. The summed E-state index contributed by atoms with van der Waals surface area (Å²) >= 11 is 0. The number of nitrogens with one attached hydrogen (secondary N) is 1. The van der Waals surface area contributed by atoms with Gasteiger partial charge in [0.05, 0.1) is 0 Å². The van der Waals surface area contributed by atoms with Gasteiger partial charge in [-0.05, 0) is 22.3 Å². The molecule has 0 radical (unpaired) electrons. The van der Waals surface area contributed by atoms with Gasteiger partial charge in [0, 0.05) is 19.1 Å². The molecule has 0 heterocycles. The standard InChI is InChI=1S/C16H22N2/c1-12(2)16(10-17)18-11-14-8-5-7-13-6-3-4-9-15(13)14/h3-9,12,16,18H,10-11,17H2,1-2H3. The first-order valence-electron chi connectivity index (χ1n) is 6.62. The van der Waals surface area contributed by atoms with Crippen LogP contribution in [0.2, 0.25) is 0 Å². The first-order valence-corrected chi connectivity index (χ1v) is 6.62. The average molecular weight is 242 g/mol. The van der Waals surface area contributed by atoms with Crippen molar-refractivity contribution in [1.82, 2.24) is 5.32 Å². The zero-order chi connectivity index (χ0) is 13.0. The molecule has 1 unspecified atom stereocenters. The van der Waals surface area contributed by atoms with E-state index in [1.807, 2.05) is 0 Å². The van der Waals surface area contributed by atoms with Gasteiger partial charge >= 0.3 is 0 Å². The van der Waals surface area contributed by atoms with E-state index in [-0.39, 0.29) is 0 Å². The van der Waals surface area contributed by atoms with E-state index in [1.165, 1.54) is 16.3 Å². The van der Waals surface area contributed by atoms with Gasteiger partial charge < -0.3 is 11.1 Å². The van der Waals surface area contributed by atoms with Gasteiger partial charge in [-0.15, -0.1) is 0 Å². The topological polar surface area (TPSA) is 38.0 Å². The van der Waals surface area contributed by atoms with Crippen molar-refractivity contribution in [3.63, 3.8) is 0 Å². The lowest BCUT2D eigenvalue weighted by atomic mass is 10.0. The van der Waals surface area contributed by atoms with E-state index in [9.17, 15) is 0 Å². The van der Waals surface area contributed by atoms with Crippen molar-refractivity contribution < 1.29 is 0 Å². The molecule has 0 aromatic heterocycles. The summed E-state index contributed by atoms with van der Waals surface area (Å²) in [4.78, 5) is 0. The van der Waals surface area contributed by atoms with Crippen molar-refractivity contribution in [2.45, 2.75) is 26.4 Å². The van der Waals surface area contributed by atoms with E-state index in [1.54, 1.807) is 0 Å². The minimum absolute atomic E-state index is 0.379. The smallest absolute Gasteiger partial charge is 0.0216 e. The molecule has 0 fully saturated rings. The number of benzene rings is 2. The Balaban J connectivity index is 2.17. The second kappa shape index (κ2) is 5.98. The van der Waals surface area contributed by atoms with Gasteiger partial charge in [-0.2, -0.15) is 0 Å². The molecule has 0 amide bonds. The van der Waals surface area contributed by atoms with Crippen LogP contribution in [-0.4, -0.2) is 12.6 Å². The molecule has 2 heteroatoms. The van der Waals surface area contributed by atoms with Crippen LogP contribution in [0.3, 0.4) is 0 Å². The monoisotopic (exact) mass is 242 g/mol. The second-order valence-electron chi connectivity index (χ2n) is 5.11. The normalized spacial score (nSPS) is 13.1. The van der Waals surface area contributed by atoms with Crippen molar-refractivity contribution in [2.75, 3.05) is 6.54 Å². The minimum atomic E-state index is 0.379. The van der Waals surface area contributed by atoms with E-state index < -0.39 is 0 Å². The first-order chi connectivity index (χ1) is 8.72. The van der Waals surface area contributed by atoms with Gasteiger partial charge in [-0.25, -0.2) is 0 Å². The van der Waals surface area contributed by atoms with Crippen molar-refractivity contribution in [2.24, 2.45) is 11.7 Å². The van der Waals surface area contributed by atoms with E-state index in [2.05, 4.69) is 61.6 Å². The lowest BCUT2D eigenvalue weighted by molar-refractivity contribution is 0.405. The van der Waals surface area contributed by atoms with Crippen LogP contribution in [0, 0.1) is 5.92 Å². The van der Waals surface area contributed by atoms with E-state index in [0.717, 1.165) is 6.54 Å². The van der Waals surface area contributed by atoms with Gasteiger partial charge in [0.2, 0.25) is 0 Å². The van der Waals surface area contributed by atoms with Crippen LogP contribution >= 0.6 is 0 Å². The lowest BCUT2D eigenvalue weighted by Gasteiger charge is -2.21. The summed E-state index contributed by atoms with van der Waals surface area (Å²) < 4.78 is 0. The van der Waals surface area contributed by atoms with E-state index in [4.69, 9.17) is 5.73 Å². The molecule has 0 bridgehead atoms. The van der Waals surface area contributed by atoms with Gasteiger partial charge in [0.25, 0.3) is 0 Å². The Morgan fingerprint density at radius 2 is 1.78 bits per heavy atom. The summed E-state index contributed by atoms with van der Waals surface area (Å²) in [5.74, 6) is 0.560. The largest absolute Gasteiger partial charge is 0.329 e. The molecule has 96 valence electrons. The van der Waals surface area contributed by atoms with Gasteiger partial charge in [-0.3, -0.25) is 0 Å². The summed E-state index contributed by atoms with van der Waals surface area (Å²) in [7, 11) is 0. The third kappa shape index (κ3) is 2.89. The highest BCUT2D eigenvalue weighted by Gasteiger charge is 2.10. The van der Waals surface area contributed by atoms with Crippen LogP contribution in [0.5, 0.6) is 0 Å². The molecule has 0 aliphatic rings. The van der Waals surface area contributed by atoms with Crippen LogP contribution in [0.1, 0.15) is 19.4 Å². The summed E-state index contributed by atoms with van der Waals surface area (Å²) in [6.07, 6.45) is 0. The number of hydrogen-bond acceptors (Lipinski definition) is 2. The maximum absolute atomic E-state index is 5.79. The summed E-state index contributed by atoms with van der Waals surface area (Å²) in [6.45, 7) is 5.96. The molecule has 2 aromatic carbocycles. The Hall–Kier alpha value is -1.38. The maximum atomic E-state index is 5.79. The lowest BCUT2D eigenvalue weighted by Crippen LogP contribution is -2.39. The minimum Gasteiger partial charge on any atom is -0.329 e. The van der Waals surface area contributed by atoms with Crippen molar-refractivity contribution in [1.29, 1.82) is 0 Å². The Morgan fingerprint density at radius 3 is 2.50 bits per heavy atom. The maximum Gasteiger partial charge on any atom is 0.0216 e. The van der Waals surface area contributed by atoms with Crippen molar-refractivity contribution in [3.8, 4) is 0 Å². The molecule has 0 spiro atoms. The predicted octanol–water partition coefficient (Wildman–Crippen LogP) is 2.91. The van der Waals surface area contributed by atoms with Crippen LogP contribution in [-0.2, 0) is 6.54 Å². The highest BCUT2D eigenvalue weighted by molar-refractivity contribution is 5.85. The predicted molar refractivity (Wildman–Crippen MR) is 78.5 cm³/mol. The zero-order valence-electron chi connectivity index (χ0n) is 11.2. The molecule has 2 aromatic rings. The fraction of sp³-hybridized carbons (Fsp3) is 0.375. The van der Waals surface area contributed by atoms with E-state index >= 15 is 0 Å². The fourth-order valence-electron chi connectivity index (χ4n) is 2.28. The SMILES string of the molecule is CC(C)C(CN)NCc1cccc2ccccc12. The molecule has 0 aliphatic heterocycles. The third-order valence-corrected chi connectivity index (χ3v) is 3.49. The number of fused-ring (bicyclic) bond motifs is 1. The molecule has 1 atom stereocenters. The molecule has 2 rings (SSSR count). The van der Waals surface area contributed by atoms with Crippen molar-refractivity contribution in [3.05, 3.63) is 48.0 Å². The molecule has 0 aliphatic carbocycles. The summed E-state index contributed by atoms with van der Waals surface area (Å²) in [5, 5.41) is 6.18. The Morgan fingerprint density at radius 1 is 1.06 bits per heavy atom. The molecular formula is C16H22N2. The zero-order valence-corrected chi connectivity index (χ0v) is 11.2. The molecule has 18 heavy (non-hydrogen) atoms. The average Bonchev–Trinajstić information content (AvgIpc) is 2.39. The molecule has 3 N–H and O–H groups in total. The van der Waals surface area contributed by atoms with Crippen LogP contribution in [0.4, 0.5) is 0 Å². The molecule has 0 saturated heterocycles. The third-order valence-electron chi connectivity index (χ3n) is 3.49. The first kappa shape index (κ1) is 13.1. The van der Waals surface area contributed by atoms with Crippen LogP contribution < -0.4 is 11.1 Å². The number of hydrogen-bond donors (Lipinski definition) is 2. The Labute approximate surface area is 109 Å². The molecule has 0 saturated carbocycles. The summed E-state index contributed by atoms with van der Waals surface area (Å²) in [5.41, 5.74) is 7.13. The van der Waals surface area contributed by atoms with Crippen LogP contribution in [0.25, 0.3) is 10.8 Å². The van der Waals surface area contributed by atoms with Crippen LogP contribution in [0.15, 0.2) is 42.5 Å². The highest BCUT2D eigenvalue weighted by Crippen LogP contribution is 2.18. The Bertz CT molecular complexity index is 500. The second-order valence-corrected chi connectivity index (χ2v) is 5.11. The van der Waals surface area contributed by atoms with Gasteiger partial charge in [0.15, 0.2) is 0 Å².